The maximum Gasteiger partial charge on any atom is 0.0903 e. The molecule has 1 aromatic heterocycles. The minimum Gasteiger partial charge on any atom is -0.372 e. The van der Waals surface area contributed by atoms with Crippen molar-refractivity contribution in [1.29, 1.82) is 0 Å². The van der Waals surface area contributed by atoms with Crippen LogP contribution in [0.3, 0.4) is 0 Å². The van der Waals surface area contributed by atoms with Crippen LogP contribution >= 0.6 is 11.6 Å². The van der Waals surface area contributed by atoms with Crippen molar-refractivity contribution in [1.82, 2.24) is 15.1 Å². The van der Waals surface area contributed by atoms with Gasteiger partial charge in [0, 0.05) is 6.54 Å². The van der Waals surface area contributed by atoms with Gasteiger partial charge >= 0.3 is 0 Å². The number of aryl methyl sites for hydroxylation is 2. The molecular weight excluding hydrogens is 262 g/mol. The van der Waals surface area contributed by atoms with Crippen LogP contribution in [0.1, 0.15) is 38.1 Å². The Morgan fingerprint density at radius 3 is 2.74 bits per heavy atom. The lowest BCUT2D eigenvalue weighted by Gasteiger charge is -2.35. The molecule has 0 atom stereocenters. The summed E-state index contributed by atoms with van der Waals surface area (Å²) >= 11 is 6.36. The van der Waals surface area contributed by atoms with E-state index in [9.17, 15) is 0 Å². The normalized spacial score (nSPS) is 22.5. The Balaban J connectivity index is 1.88. The second kappa shape index (κ2) is 6.73. The van der Waals surface area contributed by atoms with Gasteiger partial charge in [-0.2, -0.15) is 5.10 Å². The average molecular weight is 286 g/mol. The standard InChI is InChI=1S/C14H24ClN3O/c1-4-12-14(15)13(18(5-2)17-12)9-19-11-6-10(7-11)8-16-3/h10-11,16H,4-9H2,1-3H3. The Bertz CT molecular complexity index is 413. The highest BCUT2D eigenvalue weighted by molar-refractivity contribution is 6.31. The zero-order chi connectivity index (χ0) is 13.8. The Kier molecular flexibility index (Phi) is 5.25. The molecule has 0 bridgehead atoms. The van der Waals surface area contributed by atoms with Gasteiger partial charge in [0.25, 0.3) is 0 Å². The van der Waals surface area contributed by atoms with Gasteiger partial charge in [0.2, 0.25) is 0 Å². The molecule has 1 saturated carbocycles. The zero-order valence-electron chi connectivity index (χ0n) is 12.1. The summed E-state index contributed by atoms with van der Waals surface area (Å²) in [6.45, 7) is 6.67. The molecule has 5 heteroatoms. The Morgan fingerprint density at radius 2 is 2.16 bits per heavy atom. The Hall–Kier alpha value is -0.580. The van der Waals surface area contributed by atoms with E-state index in [-0.39, 0.29) is 0 Å². The monoisotopic (exact) mass is 285 g/mol. The van der Waals surface area contributed by atoms with Crippen LogP contribution in [0, 0.1) is 5.92 Å². The summed E-state index contributed by atoms with van der Waals surface area (Å²) < 4.78 is 7.91. The summed E-state index contributed by atoms with van der Waals surface area (Å²) in [6, 6.07) is 0. The van der Waals surface area contributed by atoms with Gasteiger partial charge < -0.3 is 10.1 Å². The highest BCUT2D eigenvalue weighted by Crippen LogP contribution is 2.31. The van der Waals surface area contributed by atoms with E-state index in [0.717, 1.165) is 54.7 Å². The van der Waals surface area contributed by atoms with E-state index < -0.39 is 0 Å². The number of ether oxygens (including phenoxy) is 1. The first-order chi connectivity index (χ1) is 9.19. The molecule has 0 spiro atoms. The van der Waals surface area contributed by atoms with Crippen LogP contribution in [0.25, 0.3) is 0 Å². The molecule has 4 nitrogen and oxygen atoms in total. The minimum atomic E-state index is 0.389. The highest BCUT2D eigenvalue weighted by Gasteiger charge is 2.29. The lowest BCUT2D eigenvalue weighted by molar-refractivity contribution is -0.0413. The third-order valence-corrected chi connectivity index (χ3v) is 4.27. The van der Waals surface area contributed by atoms with Crippen molar-refractivity contribution < 1.29 is 4.74 Å². The fourth-order valence-electron chi connectivity index (χ4n) is 2.62. The number of hydrogen-bond acceptors (Lipinski definition) is 3. The van der Waals surface area contributed by atoms with Gasteiger partial charge in [0.15, 0.2) is 0 Å². The van der Waals surface area contributed by atoms with Crippen LogP contribution < -0.4 is 5.32 Å². The van der Waals surface area contributed by atoms with Crippen molar-refractivity contribution in [2.75, 3.05) is 13.6 Å². The van der Waals surface area contributed by atoms with Crippen LogP contribution in [-0.2, 0) is 24.3 Å². The summed E-state index contributed by atoms with van der Waals surface area (Å²) in [5.74, 6) is 0.771. The smallest absolute Gasteiger partial charge is 0.0903 e. The summed E-state index contributed by atoms with van der Waals surface area (Å²) in [5, 5.41) is 8.51. The minimum absolute atomic E-state index is 0.389. The summed E-state index contributed by atoms with van der Waals surface area (Å²) in [4.78, 5) is 0. The molecule has 1 heterocycles. The molecule has 19 heavy (non-hydrogen) atoms. The topological polar surface area (TPSA) is 39.1 Å². The number of nitrogens with zero attached hydrogens (tertiary/aromatic N) is 2. The van der Waals surface area contributed by atoms with Crippen molar-refractivity contribution in [3.05, 3.63) is 16.4 Å². The van der Waals surface area contributed by atoms with Crippen LogP contribution in [-0.4, -0.2) is 29.5 Å². The summed E-state index contributed by atoms with van der Waals surface area (Å²) in [6.07, 6.45) is 3.56. The summed E-state index contributed by atoms with van der Waals surface area (Å²) in [7, 11) is 2.00. The predicted octanol–water partition coefficient (Wildman–Crippen LogP) is 2.63. The van der Waals surface area contributed by atoms with E-state index in [1.165, 1.54) is 0 Å². The van der Waals surface area contributed by atoms with Crippen molar-refractivity contribution in [3.8, 4) is 0 Å². The predicted molar refractivity (Wildman–Crippen MR) is 77.5 cm³/mol. The van der Waals surface area contributed by atoms with Crippen LogP contribution in [0.15, 0.2) is 0 Å². The van der Waals surface area contributed by atoms with E-state index >= 15 is 0 Å². The Labute approximate surface area is 120 Å². The number of aromatic nitrogens is 2. The molecule has 1 aromatic rings. The third-order valence-electron chi connectivity index (χ3n) is 3.84. The van der Waals surface area contributed by atoms with Gasteiger partial charge in [-0.05, 0) is 45.7 Å². The van der Waals surface area contributed by atoms with Crippen molar-refractivity contribution in [3.63, 3.8) is 0 Å². The molecule has 0 aromatic carbocycles. The molecular formula is C14H24ClN3O. The second-order valence-electron chi connectivity index (χ2n) is 5.20. The van der Waals surface area contributed by atoms with Gasteiger partial charge in [-0.15, -0.1) is 0 Å². The fourth-order valence-corrected chi connectivity index (χ4v) is 2.94. The molecule has 0 unspecified atom stereocenters. The maximum atomic E-state index is 6.36. The number of rotatable bonds is 7. The van der Waals surface area contributed by atoms with Crippen LogP contribution in [0.2, 0.25) is 5.02 Å². The van der Waals surface area contributed by atoms with Crippen molar-refractivity contribution >= 4 is 11.6 Å². The molecule has 0 radical (unpaired) electrons. The average Bonchev–Trinajstić information content (AvgIpc) is 2.68. The van der Waals surface area contributed by atoms with Gasteiger partial charge in [-0.3, -0.25) is 4.68 Å². The first-order valence-corrected chi connectivity index (χ1v) is 7.57. The maximum absolute atomic E-state index is 6.36. The summed E-state index contributed by atoms with van der Waals surface area (Å²) in [5.41, 5.74) is 2.00. The molecule has 1 aliphatic rings. The molecule has 1 fully saturated rings. The molecule has 108 valence electrons. The van der Waals surface area contributed by atoms with E-state index in [1.54, 1.807) is 0 Å². The second-order valence-corrected chi connectivity index (χ2v) is 5.58. The zero-order valence-corrected chi connectivity index (χ0v) is 12.8. The van der Waals surface area contributed by atoms with Crippen LogP contribution in [0.4, 0.5) is 0 Å². The highest BCUT2D eigenvalue weighted by atomic mass is 35.5. The lowest BCUT2D eigenvalue weighted by atomic mass is 9.82. The first kappa shape index (κ1) is 14.8. The molecule has 2 rings (SSSR count). The lowest BCUT2D eigenvalue weighted by Crippen LogP contribution is -2.36. The van der Waals surface area contributed by atoms with E-state index in [1.807, 2.05) is 11.7 Å². The first-order valence-electron chi connectivity index (χ1n) is 7.19. The van der Waals surface area contributed by atoms with Crippen molar-refractivity contribution in [2.24, 2.45) is 5.92 Å². The van der Waals surface area contributed by atoms with Gasteiger partial charge in [0.1, 0.15) is 0 Å². The largest absolute Gasteiger partial charge is 0.372 e. The molecule has 1 aliphatic carbocycles. The number of halogens is 1. The van der Waals surface area contributed by atoms with Gasteiger partial charge in [0.05, 0.1) is 29.1 Å². The van der Waals surface area contributed by atoms with E-state index in [4.69, 9.17) is 16.3 Å². The Morgan fingerprint density at radius 1 is 1.42 bits per heavy atom. The molecule has 0 aliphatic heterocycles. The molecule has 1 N–H and O–H groups in total. The fraction of sp³-hybridized carbons (Fsp3) is 0.786. The number of nitrogens with one attached hydrogen (secondary N) is 1. The molecule has 0 saturated heterocycles. The number of hydrogen-bond donors (Lipinski definition) is 1. The van der Waals surface area contributed by atoms with E-state index in [0.29, 0.717) is 12.7 Å². The van der Waals surface area contributed by atoms with Crippen LogP contribution in [0.5, 0.6) is 0 Å². The van der Waals surface area contributed by atoms with Crippen molar-refractivity contribution in [2.45, 2.75) is 52.4 Å². The van der Waals surface area contributed by atoms with Gasteiger partial charge in [-0.25, -0.2) is 0 Å². The quantitative estimate of drug-likeness (QED) is 0.837. The van der Waals surface area contributed by atoms with E-state index in [2.05, 4.69) is 24.3 Å². The SMILES string of the molecule is CCc1nn(CC)c(COC2CC(CNC)C2)c1Cl. The van der Waals surface area contributed by atoms with Gasteiger partial charge in [-0.1, -0.05) is 18.5 Å². The third kappa shape index (κ3) is 3.30. The molecule has 0 amide bonds.